The lowest BCUT2D eigenvalue weighted by Gasteiger charge is -2.14. The van der Waals surface area contributed by atoms with Crippen molar-refractivity contribution < 1.29 is 23.8 Å². The van der Waals surface area contributed by atoms with Gasteiger partial charge in [0.25, 0.3) is 0 Å². The standard InChI is InChI=1S/C19H26N2O5/c1-24-18(22)14-17(19(23)25-2)20-15-6-8-16(9-7-15)26-13-5-12-21-10-3-4-11-21/h6-9,14,20H,3-5,10-13H2,1-2H3/b17-14+. The Morgan fingerprint density at radius 3 is 2.42 bits per heavy atom. The molecule has 0 aliphatic carbocycles. The fraction of sp³-hybridized carbons (Fsp3) is 0.474. The molecule has 1 saturated heterocycles. The number of carbonyl (C=O) groups is 2. The minimum atomic E-state index is -0.655. The van der Waals surface area contributed by atoms with Gasteiger partial charge >= 0.3 is 11.9 Å². The Labute approximate surface area is 153 Å². The van der Waals surface area contributed by atoms with Crippen molar-refractivity contribution in [3.05, 3.63) is 36.0 Å². The Morgan fingerprint density at radius 2 is 1.81 bits per heavy atom. The minimum absolute atomic E-state index is 0.00127. The monoisotopic (exact) mass is 362 g/mol. The molecule has 1 aromatic rings. The van der Waals surface area contributed by atoms with Gasteiger partial charge in [0.2, 0.25) is 0 Å². The van der Waals surface area contributed by atoms with Crippen molar-refractivity contribution in [2.45, 2.75) is 19.3 Å². The number of benzene rings is 1. The fourth-order valence-electron chi connectivity index (χ4n) is 2.71. The van der Waals surface area contributed by atoms with Crippen LogP contribution in [0.25, 0.3) is 0 Å². The Kier molecular flexibility index (Phi) is 7.95. The Hall–Kier alpha value is -2.54. The lowest BCUT2D eigenvalue weighted by molar-refractivity contribution is -0.138. The van der Waals surface area contributed by atoms with Crippen LogP contribution in [0.1, 0.15) is 19.3 Å². The Bertz CT molecular complexity index is 621. The number of nitrogens with zero attached hydrogens (tertiary/aromatic N) is 1. The molecular weight excluding hydrogens is 336 g/mol. The van der Waals surface area contributed by atoms with Crippen molar-refractivity contribution >= 4 is 17.6 Å². The highest BCUT2D eigenvalue weighted by Gasteiger charge is 2.13. The van der Waals surface area contributed by atoms with Crippen LogP contribution < -0.4 is 10.1 Å². The molecule has 1 aliphatic rings. The van der Waals surface area contributed by atoms with Crippen LogP contribution in [0, 0.1) is 0 Å². The number of anilines is 1. The van der Waals surface area contributed by atoms with Crippen LogP contribution in [0.3, 0.4) is 0 Å². The van der Waals surface area contributed by atoms with Gasteiger partial charge < -0.3 is 24.4 Å². The third kappa shape index (κ3) is 6.40. The maximum absolute atomic E-state index is 11.7. The summed E-state index contributed by atoms with van der Waals surface area (Å²) < 4.78 is 14.9. The van der Waals surface area contributed by atoms with E-state index in [1.807, 2.05) is 12.1 Å². The topological polar surface area (TPSA) is 77.1 Å². The third-order valence-electron chi connectivity index (χ3n) is 4.09. The van der Waals surface area contributed by atoms with Crippen molar-refractivity contribution in [2.75, 3.05) is 45.8 Å². The number of rotatable bonds is 9. The predicted molar refractivity (Wildman–Crippen MR) is 98.0 cm³/mol. The largest absolute Gasteiger partial charge is 0.494 e. The predicted octanol–water partition coefficient (Wildman–Crippen LogP) is 2.19. The molecule has 0 saturated carbocycles. The van der Waals surface area contributed by atoms with Crippen molar-refractivity contribution in [1.82, 2.24) is 4.90 Å². The molecule has 7 nitrogen and oxygen atoms in total. The van der Waals surface area contributed by atoms with Crippen LogP contribution in [0.5, 0.6) is 5.75 Å². The van der Waals surface area contributed by atoms with E-state index in [0.717, 1.165) is 24.8 Å². The first-order valence-electron chi connectivity index (χ1n) is 8.72. The summed E-state index contributed by atoms with van der Waals surface area (Å²) in [5, 5.41) is 2.85. The van der Waals surface area contributed by atoms with Crippen LogP contribution in [-0.4, -0.2) is 57.3 Å². The molecule has 0 spiro atoms. The third-order valence-corrected chi connectivity index (χ3v) is 4.09. The van der Waals surface area contributed by atoms with E-state index in [1.54, 1.807) is 12.1 Å². The van der Waals surface area contributed by atoms with E-state index in [4.69, 9.17) is 4.74 Å². The molecule has 0 radical (unpaired) electrons. The zero-order valence-electron chi connectivity index (χ0n) is 15.3. The second-order valence-corrected chi connectivity index (χ2v) is 5.97. The van der Waals surface area contributed by atoms with Gasteiger partial charge in [-0.2, -0.15) is 0 Å². The number of ether oxygens (including phenoxy) is 3. The molecule has 26 heavy (non-hydrogen) atoms. The summed E-state index contributed by atoms with van der Waals surface area (Å²) in [7, 11) is 2.48. The molecular formula is C19H26N2O5. The Morgan fingerprint density at radius 1 is 1.12 bits per heavy atom. The first kappa shape index (κ1) is 19.8. The van der Waals surface area contributed by atoms with Crippen molar-refractivity contribution in [1.29, 1.82) is 0 Å². The molecule has 0 unspecified atom stereocenters. The molecule has 142 valence electrons. The summed E-state index contributed by atoms with van der Waals surface area (Å²) >= 11 is 0. The number of esters is 2. The van der Waals surface area contributed by atoms with Crippen molar-refractivity contribution in [3.63, 3.8) is 0 Å². The molecule has 2 rings (SSSR count). The molecule has 7 heteroatoms. The van der Waals surface area contributed by atoms with Gasteiger partial charge in [-0.05, 0) is 56.6 Å². The van der Waals surface area contributed by atoms with Gasteiger partial charge in [-0.1, -0.05) is 0 Å². The normalized spacial score (nSPS) is 14.8. The van der Waals surface area contributed by atoms with E-state index in [2.05, 4.69) is 19.7 Å². The second-order valence-electron chi connectivity index (χ2n) is 5.97. The average Bonchev–Trinajstić information content (AvgIpc) is 3.18. The lowest BCUT2D eigenvalue weighted by Crippen LogP contribution is -2.21. The lowest BCUT2D eigenvalue weighted by atomic mass is 10.2. The first-order valence-corrected chi connectivity index (χ1v) is 8.72. The molecule has 0 bridgehead atoms. The van der Waals surface area contributed by atoms with Crippen LogP contribution >= 0.6 is 0 Å². The molecule has 1 fully saturated rings. The van der Waals surface area contributed by atoms with Gasteiger partial charge in [-0.15, -0.1) is 0 Å². The van der Waals surface area contributed by atoms with Gasteiger partial charge in [0, 0.05) is 12.2 Å². The summed E-state index contributed by atoms with van der Waals surface area (Å²) in [5.41, 5.74) is 0.633. The van der Waals surface area contributed by atoms with Crippen LogP contribution in [0.4, 0.5) is 5.69 Å². The maximum atomic E-state index is 11.7. The number of hydrogen-bond acceptors (Lipinski definition) is 7. The Balaban J connectivity index is 1.83. The van der Waals surface area contributed by atoms with Crippen LogP contribution in [0.2, 0.25) is 0 Å². The SMILES string of the molecule is COC(=O)/C=C(/Nc1ccc(OCCCN2CCCC2)cc1)C(=O)OC. The summed E-state index contributed by atoms with van der Waals surface area (Å²) in [6.45, 7) is 4.13. The summed E-state index contributed by atoms with van der Waals surface area (Å²) in [6, 6.07) is 7.16. The molecule has 1 heterocycles. The number of likely N-dealkylation sites (tertiary alicyclic amines) is 1. The highest BCUT2D eigenvalue weighted by Crippen LogP contribution is 2.18. The van der Waals surface area contributed by atoms with E-state index < -0.39 is 11.9 Å². The highest BCUT2D eigenvalue weighted by atomic mass is 16.5. The van der Waals surface area contributed by atoms with Crippen molar-refractivity contribution in [3.8, 4) is 5.75 Å². The maximum Gasteiger partial charge on any atom is 0.354 e. The van der Waals surface area contributed by atoms with E-state index in [1.165, 1.54) is 40.2 Å². The molecule has 0 atom stereocenters. The number of methoxy groups -OCH3 is 2. The van der Waals surface area contributed by atoms with Crippen LogP contribution in [-0.2, 0) is 19.1 Å². The quantitative estimate of drug-likeness (QED) is 0.410. The fourth-order valence-corrected chi connectivity index (χ4v) is 2.71. The molecule has 1 aromatic carbocycles. The van der Waals surface area contributed by atoms with E-state index in [-0.39, 0.29) is 5.70 Å². The molecule has 0 aromatic heterocycles. The van der Waals surface area contributed by atoms with Gasteiger partial charge in [0.1, 0.15) is 11.4 Å². The summed E-state index contributed by atoms with van der Waals surface area (Å²) in [6.07, 6.45) is 4.64. The molecule has 1 N–H and O–H groups in total. The van der Waals surface area contributed by atoms with Gasteiger partial charge in [-0.25, -0.2) is 9.59 Å². The minimum Gasteiger partial charge on any atom is -0.494 e. The number of hydrogen-bond donors (Lipinski definition) is 1. The number of nitrogens with one attached hydrogen (secondary N) is 1. The highest BCUT2D eigenvalue weighted by molar-refractivity contribution is 5.98. The van der Waals surface area contributed by atoms with Crippen molar-refractivity contribution in [2.24, 2.45) is 0 Å². The zero-order chi connectivity index (χ0) is 18.8. The van der Waals surface area contributed by atoms with Gasteiger partial charge in [0.05, 0.1) is 26.9 Å². The average molecular weight is 362 g/mol. The zero-order valence-corrected chi connectivity index (χ0v) is 15.3. The van der Waals surface area contributed by atoms with E-state index in [0.29, 0.717) is 12.3 Å². The van der Waals surface area contributed by atoms with Gasteiger partial charge in [0.15, 0.2) is 0 Å². The summed E-state index contributed by atoms with van der Waals surface area (Å²) in [5.74, 6) is -0.540. The van der Waals surface area contributed by atoms with E-state index >= 15 is 0 Å². The summed E-state index contributed by atoms with van der Waals surface area (Å²) in [4.78, 5) is 25.5. The molecule has 1 aliphatic heterocycles. The number of carbonyl (C=O) groups excluding carboxylic acids is 2. The van der Waals surface area contributed by atoms with Crippen LogP contribution in [0.15, 0.2) is 36.0 Å². The van der Waals surface area contributed by atoms with E-state index in [9.17, 15) is 9.59 Å². The van der Waals surface area contributed by atoms with Gasteiger partial charge in [-0.3, -0.25) is 0 Å². The smallest absolute Gasteiger partial charge is 0.354 e. The first-order chi connectivity index (χ1) is 12.6. The second kappa shape index (κ2) is 10.5. The molecule has 0 amide bonds.